The molecule has 0 bridgehead atoms. The number of piperazine rings is 1. The number of para-hydroxylation sites is 1. The number of aromatic nitrogens is 1. The van der Waals surface area contributed by atoms with Gasteiger partial charge in [-0.15, -0.1) is 11.3 Å². The average molecular weight is 355 g/mol. The fourth-order valence-corrected chi connectivity index (χ4v) is 4.35. The molecule has 0 radical (unpaired) electrons. The molecule has 5 nitrogen and oxygen atoms in total. The van der Waals surface area contributed by atoms with Crippen molar-refractivity contribution in [2.24, 2.45) is 0 Å². The number of rotatable bonds is 5. The summed E-state index contributed by atoms with van der Waals surface area (Å²) in [5, 5.41) is 13.0. The van der Waals surface area contributed by atoms with Crippen LogP contribution >= 0.6 is 11.3 Å². The molecule has 6 heteroatoms. The van der Waals surface area contributed by atoms with E-state index in [1.54, 1.807) is 11.3 Å². The van der Waals surface area contributed by atoms with Crippen LogP contribution in [0.25, 0.3) is 10.9 Å². The summed E-state index contributed by atoms with van der Waals surface area (Å²) in [5.41, 5.74) is 1.84. The van der Waals surface area contributed by atoms with E-state index in [0.29, 0.717) is 0 Å². The molecule has 130 valence electrons. The van der Waals surface area contributed by atoms with E-state index in [4.69, 9.17) is 0 Å². The molecular weight excluding hydrogens is 334 g/mol. The Hall–Kier alpha value is -2.15. The molecule has 2 aromatic heterocycles. The van der Waals surface area contributed by atoms with Crippen LogP contribution in [-0.2, 0) is 11.3 Å². The number of hydrogen-bond donors (Lipinski definition) is 2. The van der Waals surface area contributed by atoms with Crippen LogP contribution in [0.1, 0.15) is 16.5 Å². The van der Waals surface area contributed by atoms with Gasteiger partial charge in [-0.05, 0) is 17.5 Å². The fraction of sp³-hybridized carbons (Fsp3) is 0.316. The zero-order chi connectivity index (χ0) is 17.2. The third-order valence-corrected chi connectivity index (χ3v) is 5.74. The minimum Gasteiger partial charge on any atom is -0.480 e. The quantitative estimate of drug-likeness (QED) is 0.738. The second-order valence-electron chi connectivity index (χ2n) is 6.42. The van der Waals surface area contributed by atoms with Gasteiger partial charge in [0.1, 0.15) is 6.04 Å². The zero-order valence-electron chi connectivity index (χ0n) is 13.9. The van der Waals surface area contributed by atoms with E-state index >= 15 is 0 Å². The molecule has 0 spiro atoms. The largest absolute Gasteiger partial charge is 0.480 e. The lowest BCUT2D eigenvalue weighted by atomic mass is 10.0. The molecule has 1 atom stereocenters. The number of thiophene rings is 1. The number of carboxylic acid groups (broad SMARTS) is 1. The van der Waals surface area contributed by atoms with Gasteiger partial charge in [-0.2, -0.15) is 0 Å². The summed E-state index contributed by atoms with van der Waals surface area (Å²) in [7, 11) is 0. The van der Waals surface area contributed by atoms with Gasteiger partial charge in [0.15, 0.2) is 0 Å². The molecule has 0 aliphatic carbocycles. The highest BCUT2D eigenvalue weighted by Gasteiger charge is 2.32. The maximum absolute atomic E-state index is 12.0. The number of nitrogens with zero attached hydrogens (tertiary/aromatic N) is 2. The van der Waals surface area contributed by atoms with Crippen LogP contribution in [0, 0.1) is 0 Å². The molecule has 3 heterocycles. The van der Waals surface area contributed by atoms with Gasteiger partial charge >= 0.3 is 5.97 Å². The molecule has 1 saturated heterocycles. The molecule has 2 N–H and O–H groups in total. The topological polar surface area (TPSA) is 59.6 Å². The Morgan fingerprint density at radius 1 is 1.16 bits per heavy atom. The van der Waals surface area contributed by atoms with Crippen LogP contribution in [0.5, 0.6) is 0 Å². The number of aliphatic carboxylic acids is 1. The smallest absolute Gasteiger partial charge is 0.325 e. The average Bonchev–Trinajstić information content (AvgIpc) is 3.27. The first kappa shape index (κ1) is 16.3. The van der Waals surface area contributed by atoms with Crippen molar-refractivity contribution in [3.63, 3.8) is 0 Å². The van der Waals surface area contributed by atoms with Gasteiger partial charge in [0, 0.05) is 60.3 Å². The van der Waals surface area contributed by atoms with Crippen molar-refractivity contribution in [2.75, 3.05) is 26.2 Å². The molecule has 1 aliphatic rings. The number of benzene rings is 1. The van der Waals surface area contributed by atoms with E-state index < -0.39 is 12.0 Å². The summed E-state index contributed by atoms with van der Waals surface area (Å²) in [6.45, 7) is 4.27. The Balaban J connectivity index is 1.50. The highest BCUT2D eigenvalue weighted by Crippen LogP contribution is 2.29. The van der Waals surface area contributed by atoms with Gasteiger partial charge in [0.25, 0.3) is 0 Å². The zero-order valence-corrected chi connectivity index (χ0v) is 14.7. The number of fused-ring (bicyclic) bond motifs is 1. The van der Waals surface area contributed by atoms with Crippen LogP contribution in [0.2, 0.25) is 0 Å². The Morgan fingerprint density at radius 2 is 1.96 bits per heavy atom. The van der Waals surface area contributed by atoms with Crippen molar-refractivity contribution in [3.8, 4) is 0 Å². The van der Waals surface area contributed by atoms with Crippen molar-refractivity contribution in [3.05, 3.63) is 58.4 Å². The van der Waals surface area contributed by atoms with Crippen molar-refractivity contribution in [1.82, 2.24) is 14.8 Å². The Kier molecular flexibility index (Phi) is 4.57. The first-order chi connectivity index (χ1) is 12.2. The Labute approximate surface area is 150 Å². The number of nitrogens with one attached hydrogen (secondary N) is 1. The van der Waals surface area contributed by atoms with Gasteiger partial charge in [-0.25, -0.2) is 0 Å². The highest BCUT2D eigenvalue weighted by atomic mass is 32.1. The monoisotopic (exact) mass is 355 g/mol. The minimum absolute atomic E-state index is 0.597. The normalized spacial score (nSPS) is 17.8. The number of carboxylic acids is 1. The maximum atomic E-state index is 12.0. The third kappa shape index (κ3) is 3.33. The summed E-state index contributed by atoms with van der Waals surface area (Å²) >= 11 is 1.77. The van der Waals surface area contributed by atoms with E-state index in [9.17, 15) is 9.90 Å². The molecule has 0 amide bonds. The lowest BCUT2D eigenvalue weighted by Gasteiger charge is -2.37. The molecule has 25 heavy (non-hydrogen) atoms. The Bertz CT molecular complexity index is 851. The predicted molar refractivity (Wildman–Crippen MR) is 99.8 cm³/mol. The maximum Gasteiger partial charge on any atom is 0.325 e. The number of carbonyl (C=O) groups is 1. The minimum atomic E-state index is -0.781. The lowest BCUT2D eigenvalue weighted by Crippen LogP contribution is -2.48. The van der Waals surface area contributed by atoms with E-state index in [1.165, 1.54) is 4.88 Å². The molecule has 1 aliphatic heterocycles. The van der Waals surface area contributed by atoms with Gasteiger partial charge in [0.2, 0.25) is 0 Å². The van der Waals surface area contributed by atoms with Crippen LogP contribution in [0.3, 0.4) is 0 Å². The summed E-state index contributed by atoms with van der Waals surface area (Å²) in [6.07, 6.45) is 1.85. The van der Waals surface area contributed by atoms with E-state index in [-0.39, 0.29) is 0 Å². The SMILES string of the molecule is O=C(O)C(c1c[nH]c2ccccc12)N1CCN(Cc2cccs2)CC1. The molecule has 1 unspecified atom stereocenters. The van der Waals surface area contributed by atoms with Crippen LogP contribution in [0.4, 0.5) is 0 Å². The van der Waals surface area contributed by atoms with Crippen LogP contribution < -0.4 is 0 Å². The first-order valence-corrected chi connectivity index (χ1v) is 9.38. The van der Waals surface area contributed by atoms with Crippen molar-refractivity contribution in [2.45, 2.75) is 12.6 Å². The van der Waals surface area contributed by atoms with Crippen molar-refractivity contribution >= 4 is 28.2 Å². The fourth-order valence-electron chi connectivity index (χ4n) is 3.61. The van der Waals surface area contributed by atoms with E-state index in [0.717, 1.165) is 49.2 Å². The Morgan fingerprint density at radius 3 is 2.68 bits per heavy atom. The second-order valence-corrected chi connectivity index (χ2v) is 7.45. The van der Waals surface area contributed by atoms with Crippen molar-refractivity contribution in [1.29, 1.82) is 0 Å². The summed E-state index contributed by atoms with van der Waals surface area (Å²) in [4.78, 5) is 21.1. The number of H-pyrrole nitrogens is 1. The van der Waals surface area contributed by atoms with Gasteiger partial charge in [-0.3, -0.25) is 14.6 Å². The van der Waals surface area contributed by atoms with Crippen LogP contribution in [-0.4, -0.2) is 52.0 Å². The number of aromatic amines is 1. The number of hydrogen-bond acceptors (Lipinski definition) is 4. The summed E-state index contributed by atoms with van der Waals surface area (Å²) < 4.78 is 0. The second kappa shape index (κ2) is 7.00. The lowest BCUT2D eigenvalue weighted by molar-refractivity contribution is -0.144. The molecule has 4 rings (SSSR count). The van der Waals surface area contributed by atoms with Gasteiger partial charge in [-0.1, -0.05) is 24.3 Å². The predicted octanol–water partition coefficient (Wildman–Crippen LogP) is 3.17. The van der Waals surface area contributed by atoms with Gasteiger partial charge in [0.05, 0.1) is 0 Å². The molecule has 3 aromatic rings. The molecule has 1 aromatic carbocycles. The van der Waals surface area contributed by atoms with E-state index in [1.807, 2.05) is 30.5 Å². The molecule has 1 fully saturated rings. The third-order valence-electron chi connectivity index (χ3n) is 4.88. The highest BCUT2D eigenvalue weighted by molar-refractivity contribution is 7.09. The van der Waals surface area contributed by atoms with Gasteiger partial charge < -0.3 is 10.1 Å². The molecular formula is C19H21N3O2S. The molecule has 0 saturated carbocycles. The van der Waals surface area contributed by atoms with Crippen molar-refractivity contribution < 1.29 is 9.90 Å². The summed E-state index contributed by atoms with van der Waals surface area (Å²) in [5.74, 6) is -0.781. The standard InChI is InChI=1S/C19H21N3O2S/c23-19(24)18(16-12-20-17-6-2-1-5-15(16)17)22-9-7-21(8-10-22)13-14-4-3-11-25-14/h1-6,11-12,18,20H,7-10,13H2,(H,23,24). The van der Waals surface area contributed by atoms with E-state index in [2.05, 4.69) is 32.3 Å². The first-order valence-electron chi connectivity index (χ1n) is 8.50. The summed E-state index contributed by atoms with van der Waals surface area (Å²) in [6, 6.07) is 11.5. The van der Waals surface area contributed by atoms with Crippen LogP contribution in [0.15, 0.2) is 48.0 Å².